The van der Waals surface area contributed by atoms with E-state index >= 15 is 0 Å². The van der Waals surface area contributed by atoms with Gasteiger partial charge in [-0.25, -0.2) is 4.98 Å². The van der Waals surface area contributed by atoms with Crippen LogP contribution in [0.4, 0.5) is 11.5 Å². The van der Waals surface area contributed by atoms with Crippen LogP contribution in [0.1, 0.15) is 24.8 Å². The lowest BCUT2D eigenvalue weighted by molar-refractivity contribution is -0.129. The molecule has 3 rings (SSSR count). The van der Waals surface area contributed by atoms with Gasteiger partial charge in [-0.2, -0.15) is 5.26 Å². The van der Waals surface area contributed by atoms with Gasteiger partial charge < -0.3 is 20.6 Å². The third-order valence-corrected chi connectivity index (χ3v) is 4.77. The Kier molecular flexibility index (Phi) is 6.59. The molecule has 0 bridgehead atoms. The monoisotopic (exact) mass is 408 g/mol. The van der Waals surface area contributed by atoms with Crippen molar-refractivity contribution in [1.82, 2.24) is 14.9 Å². The van der Waals surface area contributed by atoms with Crippen LogP contribution < -0.4 is 10.6 Å². The van der Waals surface area contributed by atoms with E-state index < -0.39 is 6.04 Å². The zero-order chi connectivity index (χ0) is 21.7. The number of carbonyl (C=O) groups is 2. The van der Waals surface area contributed by atoms with E-state index in [9.17, 15) is 20.0 Å². The number of amides is 2. The summed E-state index contributed by atoms with van der Waals surface area (Å²) in [5, 5.41) is 24.6. The summed E-state index contributed by atoms with van der Waals surface area (Å²) in [5.74, 6) is 0.230. The van der Waals surface area contributed by atoms with E-state index in [1.165, 1.54) is 11.1 Å². The molecule has 1 atom stereocenters. The van der Waals surface area contributed by atoms with Crippen LogP contribution >= 0.6 is 0 Å². The summed E-state index contributed by atoms with van der Waals surface area (Å²) >= 11 is 0. The van der Waals surface area contributed by atoms with Crippen molar-refractivity contribution in [2.45, 2.75) is 25.3 Å². The number of rotatable bonds is 8. The molecule has 0 spiro atoms. The smallest absolute Gasteiger partial charge is 0.244 e. The maximum Gasteiger partial charge on any atom is 0.244 e. The molecule has 1 heterocycles. The van der Waals surface area contributed by atoms with E-state index in [-0.39, 0.29) is 30.8 Å². The minimum atomic E-state index is -0.668. The quantitative estimate of drug-likeness (QED) is 0.605. The summed E-state index contributed by atoms with van der Waals surface area (Å²) in [6.45, 7) is -0.168. The largest absolute Gasteiger partial charge is 0.396 e. The molecule has 9 nitrogen and oxygen atoms in total. The van der Waals surface area contributed by atoms with E-state index in [1.807, 2.05) is 0 Å². The van der Waals surface area contributed by atoms with Crippen molar-refractivity contribution in [3.63, 3.8) is 0 Å². The molecular formula is C21H24N6O3. The Hall–Kier alpha value is -3.51. The Bertz CT molecular complexity index is 964. The summed E-state index contributed by atoms with van der Waals surface area (Å²) in [5.41, 5.74) is 2.10. The van der Waals surface area contributed by atoms with Crippen molar-refractivity contribution in [2.24, 2.45) is 5.92 Å². The first-order valence-corrected chi connectivity index (χ1v) is 9.69. The number of aromatic nitrogens is 2. The van der Waals surface area contributed by atoms with Gasteiger partial charge in [0.15, 0.2) is 5.82 Å². The number of likely N-dealkylation sites (N-methyl/N-ethyl adjacent to an activating group) is 1. The third kappa shape index (κ3) is 5.10. The Morgan fingerprint density at radius 2 is 2.07 bits per heavy atom. The number of aliphatic hydroxyl groups is 1. The molecule has 30 heavy (non-hydrogen) atoms. The number of nitrogens with zero attached hydrogens (tertiary/aromatic N) is 4. The second-order valence-electron chi connectivity index (χ2n) is 7.36. The molecule has 1 aromatic carbocycles. The Morgan fingerprint density at radius 3 is 2.63 bits per heavy atom. The Morgan fingerprint density at radius 1 is 1.30 bits per heavy atom. The van der Waals surface area contributed by atoms with Gasteiger partial charge in [-0.05, 0) is 31.4 Å². The highest BCUT2D eigenvalue weighted by Crippen LogP contribution is 2.30. The molecule has 1 aliphatic rings. The van der Waals surface area contributed by atoms with Gasteiger partial charge in [0.2, 0.25) is 11.8 Å². The second kappa shape index (κ2) is 9.33. The fourth-order valence-corrected chi connectivity index (χ4v) is 2.92. The van der Waals surface area contributed by atoms with Gasteiger partial charge in [0, 0.05) is 32.2 Å². The predicted molar refractivity (Wildman–Crippen MR) is 111 cm³/mol. The van der Waals surface area contributed by atoms with Crippen LogP contribution in [0.3, 0.4) is 0 Å². The minimum Gasteiger partial charge on any atom is -0.396 e. The molecule has 2 amide bonds. The second-order valence-corrected chi connectivity index (χ2v) is 7.36. The van der Waals surface area contributed by atoms with Crippen molar-refractivity contribution in [2.75, 3.05) is 31.3 Å². The van der Waals surface area contributed by atoms with Gasteiger partial charge in [-0.1, -0.05) is 6.07 Å². The maximum absolute atomic E-state index is 12.4. The van der Waals surface area contributed by atoms with Gasteiger partial charge in [0.25, 0.3) is 0 Å². The normalized spacial score (nSPS) is 13.8. The van der Waals surface area contributed by atoms with E-state index in [0.717, 1.165) is 12.8 Å². The van der Waals surface area contributed by atoms with Crippen LogP contribution in [0.2, 0.25) is 0 Å². The standard InChI is InChI=1S/C21H24N6O3/c1-27(2)21(30)16(7-8-28)25-17-9-14(5-6-15(17)10-22)18-11-24-19(12-23-18)26-20(29)13-3-4-13/h5-6,9,11-13,16,25,28H,3-4,7-8H2,1-2H3,(H,24,26,29)/t16-/m0/s1. The molecule has 3 N–H and O–H groups in total. The van der Waals surface area contributed by atoms with Crippen LogP contribution in [-0.2, 0) is 9.59 Å². The Labute approximate surface area is 174 Å². The average molecular weight is 408 g/mol. The lowest BCUT2D eigenvalue weighted by Crippen LogP contribution is -2.39. The molecule has 1 aliphatic carbocycles. The van der Waals surface area contributed by atoms with Crippen LogP contribution in [0.5, 0.6) is 0 Å². The van der Waals surface area contributed by atoms with Crippen molar-refractivity contribution in [3.8, 4) is 17.3 Å². The highest BCUT2D eigenvalue weighted by Gasteiger charge is 2.29. The average Bonchev–Trinajstić information content (AvgIpc) is 3.59. The number of hydrogen-bond donors (Lipinski definition) is 3. The van der Waals surface area contributed by atoms with Gasteiger partial charge in [-0.15, -0.1) is 0 Å². The SMILES string of the molecule is CN(C)C(=O)[C@H](CCO)Nc1cc(-c2cnc(NC(=O)C3CC3)cn2)ccc1C#N. The van der Waals surface area contributed by atoms with E-state index in [2.05, 4.69) is 26.7 Å². The van der Waals surface area contributed by atoms with E-state index in [1.54, 1.807) is 38.5 Å². The molecule has 0 radical (unpaired) electrons. The van der Waals surface area contributed by atoms with Crippen LogP contribution in [0.25, 0.3) is 11.3 Å². The number of benzene rings is 1. The minimum absolute atomic E-state index is 0.0395. The molecule has 156 valence electrons. The molecule has 1 aromatic heterocycles. The van der Waals surface area contributed by atoms with Gasteiger partial charge in [0.05, 0.1) is 29.3 Å². The first-order valence-electron chi connectivity index (χ1n) is 9.69. The first-order chi connectivity index (χ1) is 14.4. The van der Waals surface area contributed by atoms with Crippen molar-refractivity contribution < 1.29 is 14.7 Å². The van der Waals surface area contributed by atoms with Gasteiger partial charge >= 0.3 is 0 Å². The number of aliphatic hydroxyl groups excluding tert-OH is 1. The van der Waals surface area contributed by atoms with E-state index in [4.69, 9.17) is 0 Å². The molecule has 1 saturated carbocycles. The number of hydrogen-bond acceptors (Lipinski definition) is 7. The third-order valence-electron chi connectivity index (χ3n) is 4.77. The summed E-state index contributed by atoms with van der Waals surface area (Å²) < 4.78 is 0. The van der Waals surface area contributed by atoms with Crippen molar-refractivity contribution in [1.29, 1.82) is 5.26 Å². The summed E-state index contributed by atoms with van der Waals surface area (Å²) in [6.07, 6.45) is 5.06. The fourth-order valence-electron chi connectivity index (χ4n) is 2.92. The van der Waals surface area contributed by atoms with Crippen LogP contribution in [0, 0.1) is 17.2 Å². The molecular weight excluding hydrogens is 384 g/mol. The lowest BCUT2D eigenvalue weighted by Gasteiger charge is -2.22. The van der Waals surface area contributed by atoms with Crippen molar-refractivity contribution in [3.05, 3.63) is 36.2 Å². The molecule has 9 heteroatoms. The van der Waals surface area contributed by atoms with E-state index in [0.29, 0.717) is 28.3 Å². The van der Waals surface area contributed by atoms with Crippen LogP contribution in [-0.4, -0.2) is 58.5 Å². The maximum atomic E-state index is 12.4. The highest BCUT2D eigenvalue weighted by molar-refractivity contribution is 5.93. The topological polar surface area (TPSA) is 131 Å². The number of anilines is 2. The van der Waals surface area contributed by atoms with Gasteiger partial charge in [0.1, 0.15) is 12.1 Å². The van der Waals surface area contributed by atoms with Crippen LogP contribution in [0.15, 0.2) is 30.6 Å². The number of nitriles is 1. The molecule has 0 aliphatic heterocycles. The summed E-state index contributed by atoms with van der Waals surface area (Å²) in [4.78, 5) is 34.3. The lowest BCUT2D eigenvalue weighted by atomic mass is 10.1. The molecule has 0 unspecified atom stereocenters. The van der Waals surface area contributed by atoms with Crippen molar-refractivity contribution >= 4 is 23.3 Å². The first kappa shape index (κ1) is 21.2. The highest BCUT2D eigenvalue weighted by atomic mass is 16.3. The predicted octanol–water partition coefficient (Wildman–Crippen LogP) is 1.61. The number of carbonyl (C=O) groups excluding carboxylic acids is 2. The molecule has 1 fully saturated rings. The molecule has 2 aromatic rings. The summed E-state index contributed by atoms with van der Waals surface area (Å²) in [7, 11) is 3.27. The molecule has 0 saturated heterocycles. The van der Waals surface area contributed by atoms with Gasteiger partial charge in [-0.3, -0.25) is 14.6 Å². The summed E-state index contributed by atoms with van der Waals surface area (Å²) in [6, 6.07) is 6.53. The zero-order valence-corrected chi connectivity index (χ0v) is 16.9. The number of nitrogens with one attached hydrogen (secondary N) is 2. The zero-order valence-electron chi connectivity index (χ0n) is 16.9. The Balaban J connectivity index is 1.82. The fraction of sp³-hybridized carbons (Fsp3) is 0.381.